The predicted octanol–water partition coefficient (Wildman–Crippen LogP) is 4.08. The molecule has 0 unspecified atom stereocenters. The molecule has 0 radical (unpaired) electrons. The first kappa shape index (κ1) is 17.8. The smallest absolute Gasteiger partial charge is 0.241 e. The van der Waals surface area contributed by atoms with Crippen molar-refractivity contribution in [2.75, 3.05) is 0 Å². The van der Waals surface area contributed by atoms with E-state index in [4.69, 9.17) is 0 Å². The van der Waals surface area contributed by atoms with Crippen molar-refractivity contribution in [1.82, 2.24) is 4.72 Å². The second-order valence-corrected chi connectivity index (χ2v) is 7.84. The Hall–Kier alpha value is -1.50. The molecule has 0 aliphatic heterocycles. The van der Waals surface area contributed by atoms with Crippen molar-refractivity contribution >= 4 is 31.7 Å². The molecule has 0 aromatic heterocycles. The van der Waals surface area contributed by atoms with Crippen molar-refractivity contribution in [2.24, 2.45) is 0 Å². The molecule has 2 rings (SSSR count). The number of benzene rings is 2. The van der Waals surface area contributed by atoms with Gasteiger partial charge in [-0.15, -0.1) is 0 Å². The number of rotatable bonds is 6. The Morgan fingerprint density at radius 2 is 1.65 bits per heavy atom. The Labute approximate surface area is 145 Å². The van der Waals surface area contributed by atoms with E-state index in [1.54, 1.807) is 0 Å². The molecule has 2 aromatic carbocycles. The second kappa shape index (κ2) is 7.38. The lowest BCUT2D eigenvalue weighted by atomic mass is 10.1. The van der Waals surface area contributed by atoms with E-state index in [9.17, 15) is 13.2 Å². The summed E-state index contributed by atoms with van der Waals surface area (Å²) >= 11 is 3.37. The fourth-order valence-corrected chi connectivity index (χ4v) is 3.78. The van der Waals surface area contributed by atoms with Crippen LogP contribution in [0.25, 0.3) is 0 Å². The third-order valence-electron chi connectivity index (χ3n) is 3.55. The van der Waals surface area contributed by atoms with Gasteiger partial charge in [0.15, 0.2) is 5.78 Å². The molecular weight excluding hydrogens is 378 g/mol. The quantitative estimate of drug-likeness (QED) is 0.749. The fraction of sp³-hybridized carbons (Fsp3) is 0.235. The Bertz CT molecular complexity index is 784. The summed E-state index contributed by atoms with van der Waals surface area (Å²) in [6.07, 6.45) is 0.631. The maximum absolute atomic E-state index is 12.5. The zero-order valence-electron chi connectivity index (χ0n) is 12.9. The third kappa shape index (κ3) is 4.50. The van der Waals surface area contributed by atoms with Crippen molar-refractivity contribution in [2.45, 2.75) is 31.2 Å². The normalized spacial score (nSPS) is 12.8. The molecule has 0 amide bonds. The highest BCUT2D eigenvalue weighted by molar-refractivity contribution is 9.10. The molecular formula is C17H18BrNO3S. The van der Waals surface area contributed by atoms with E-state index in [-0.39, 0.29) is 16.7 Å². The van der Waals surface area contributed by atoms with E-state index < -0.39 is 10.0 Å². The van der Waals surface area contributed by atoms with Crippen molar-refractivity contribution in [3.05, 3.63) is 64.1 Å². The van der Waals surface area contributed by atoms with Gasteiger partial charge in [-0.2, -0.15) is 0 Å². The van der Waals surface area contributed by atoms with Crippen LogP contribution in [-0.4, -0.2) is 14.2 Å². The van der Waals surface area contributed by atoms with Crippen LogP contribution in [0.2, 0.25) is 0 Å². The van der Waals surface area contributed by atoms with Gasteiger partial charge in [-0.25, -0.2) is 13.1 Å². The van der Waals surface area contributed by atoms with Gasteiger partial charge < -0.3 is 0 Å². The number of carbonyl (C=O) groups excluding carboxylic acids is 1. The molecule has 2 aromatic rings. The van der Waals surface area contributed by atoms with Crippen molar-refractivity contribution in [3.8, 4) is 0 Å². The molecule has 0 saturated carbocycles. The number of hydrogen-bond acceptors (Lipinski definition) is 3. The standard InChI is InChI=1S/C17H18BrNO3S/c1-3-17(14-4-8-15(18)9-5-14)19-23(21,22)16-10-6-13(7-11-16)12(2)20/h4-11,17,19H,3H2,1-2H3/t17-/m0/s1. The molecule has 0 saturated heterocycles. The molecule has 0 spiro atoms. The highest BCUT2D eigenvalue weighted by Gasteiger charge is 2.20. The van der Waals surface area contributed by atoms with Crippen LogP contribution in [0, 0.1) is 0 Å². The average Bonchev–Trinajstić information content (AvgIpc) is 2.53. The molecule has 0 bridgehead atoms. The molecule has 122 valence electrons. The molecule has 4 nitrogen and oxygen atoms in total. The van der Waals surface area contributed by atoms with Crippen LogP contribution in [0.3, 0.4) is 0 Å². The maximum Gasteiger partial charge on any atom is 0.241 e. The average molecular weight is 396 g/mol. The molecule has 6 heteroatoms. The lowest BCUT2D eigenvalue weighted by molar-refractivity contribution is 0.101. The Morgan fingerprint density at radius 1 is 1.09 bits per heavy atom. The summed E-state index contributed by atoms with van der Waals surface area (Å²) in [5.74, 6) is -0.0943. The lowest BCUT2D eigenvalue weighted by Crippen LogP contribution is -2.28. The monoisotopic (exact) mass is 395 g/mol. The highest BCUT2D eigenvalue weighted by Crippen LogP contribution is 2.22. The van der Waals surface area contributed by atoms with Crippen LogP contribution in [-0.2, 0) is 10.0 Å². The molecule has 1 N–H and O–H groups in total. The van der Waals surface area contributed by atoms with E-state index in [0.717, 1.165) is 10.0 Å². The number of halogens is 1. The van der Waals surface area contributed by atoms with E-state index in [2.05, 4.69) is 20.7 Å². The first-order valence-corrected chi connectivity index (χ1v) is 9.50. The fourth-order valence-electron chi connectivity index (χ4n) is 2.21. The SMILES string of the molecule is CC[C@H](NS(=O)(=O)c1ccc(C(C)=O)cc1)c1ccc(Br)cc1. The topological polar surface area (TPSA) is 63.2 Å². The van der Waals surface area contributed by atoms with Gasteiger partial charge in [0.1, 0.15) is 0 Å². The molecule has 23 heavy (non-hydrogen) atoms. The van der Waals surface area contributed by atoms with Crippen molar-refractivity contribution < 1.29 is 13.2 Å². The summed E-state index contributed by atoms with van der Waals surface area (Å²) in [5, 5.41) is 0. The number of sulfonamides is 1. The molecule has 0 heterocycles. The predicted molar refractivity (Wildman–Crippen MR) is 93.9 cm³/mol. The summed E-state index contributed by atoms with van der Waals surface area (Å²) in [6.45, 7) is 3.37. The van der Waals surface area contributed by atoms with Crippen LogP contribution in [0.15, 0.2) is 57.9 Å². The van der Waals surface area contributed by atoms with Gasteiger partial charge in [-0.05, 0) is 43.2 Å². The van der Waals surface area contributed by atoms with Crippen LogP contribution < -0.4 is 4.72 Å². The van der Waals surface area contributed by atoms with E-state index in [1.165, 1.54) is 31.2 Å². The number of carbonyl (C=O) groups is 1. The number of hydrogen-bond donors (Lipinski definition) is 1. The summed E-state index contributed by atoms with van der Waals surface area (Å²) < 4.78 is 28.7. The highest BCUT2D eigenvalue weighted by atomic mass is 79.9. The zero-order chi connectivity index (χ0) is 17.0. The van der Waals surface area contributed by atoms with Crippen LogP contribution in [0.4, 0.5) is 0 Å². The molecule has 1 atom stereocenters. The van der Waals surface area contributed by atoms with Gasteiger partial charge in [0.05, 0.1) is 4.90 Å². The van der Waals surface area contributed by atoms with E-state index in [0.29, 0.717) is 12.0 Å². The van der Waals surface area contributed by atoms with Gasteiger partial charge in [0.25, 0.3) is 0 Å². The van der Waals surface area contributed by atoms with Gasteiger partial charge in [-0.1, -0.05) is 47.1 Å². The van der Waals surface area contributed by atoms with Crippen LogP contribution >= 0.6 is 15.9 Å². The van der Waals surface area contributed by atoms with Crippen LogP contribution in [0.1, 0.15) is 42.2 Å². The Balaban J connectivity index is 2.24. The summed E-state index contributed by atoms with van der Waals surface area (Å²) in [5.41, 5.74) is 1.39. The molecule has 0 aliphatic carbocycles. The number of nitrogens with one attached hydrogen (secondary N) is 1. The largest absolute Gasteiger partial charge is 0.295 e. The van der Waals surface area contributed by atoms with E-state index >= 15 is 0 Å². The summed E-state index contributed by atoms with van der Waals surface area (Å²) in [7, 11) is -3.65. The van der Waals surface area contributed by atoms with Gasteiger partial charge >= 0.3 is 0 Å². The Kier molecular flexibility index (Phi) is 5.73. The first-order valence-electron chi connectivity index (χ1n) is 7.22. The van der Waals surface area contributed by atoms with Crippen molar-refractivity contribution in [1.29, 1.82) is 0 Å². The van der Waals surface area contributed by atoms with E-state index in [1.807, 2.05) is 31.2 Å². The maximum atomic E-state index is 12.5. The second-order valence-electron chi connectivity index (χ2n) is 5.21. The summed E-state index contributed by atoms with van der Waals surface area (Å²) in [6, 6.07) is 13.2. The first-order chi connectivity index (χ1) is 10.8. The van der Waals surface area contributed by atoms with Gasteiger partial charge in [0.2, 0.25) is 10.0 Å². The minimum absolute atomic E-state index is 0.0943. The molecule has 0 fully saturated rings. The van der Waals surface area contributed by atoms with Crippen molar-refractivity contribution in [3.63, 3.8) is 0 Å². The number of ketones is 1. The molecule has 0 aliphatic rings. The zero-order valence-corrected chi connectivity index (χ0v) is 15.3. The number of Topliss-reactive ketones (excluding diaryl/α,β-unsaturated/α-hetero) is 1. The van der Waals surface area contributed by atoms with Gasteiger partial charge in [0, 0.05) is 16.1 Å². The van der Waals surface area contributed by atoms with Crippen LogP contribution in [0.5, 0.6) is 0 Å². The van der Waals surface area contributed by atoms with Gasteiger partial charge in [-0.3, -0.25) is 4.79 Å². The minimum Gasteiger partial charge on any atom is -0.295 e. The minimum atomic E-state index is -3.65. The Morgan fingerprint density at radius 3 is 2.13 bits per heavy atom. The lowest BCUT2D eigenvalue weighted by Gasteiger charge is -2.18. The third-order valence-corrected chi connectivity index (χ3v) is 5.57. The summed E-state index contributed by atoms with van der Waals surface area (Å²) in [4.78, 5) is 11.4.